The van der Waals surface area contributed by atoms with E-state index in [2.05, 4.69) is 16.2 Å². The van der Waals surface area contributed by atoms with Gasteiger partial charge in [-0.05, 0) is 54.6 Å². The molecule has 0 saturated heterocycles. The first-order chi connectivity index (χ1) is 17.8. The first kappa shape index (κ1) is 25.8. The van der Waals surface area contributed by atoms with E-state index in [9.17, 15) is 14.4 Å². The van der Waals surface area contributed by atoms with E-state index in [1.165, 1.54) is 26.4 Å². The molecule has 4 aromatic rings. The quantitative estimate of drug-likeness (QED) is 0.288. The lowest BCUT2D eigenvalue weighted by molar-refractivity contribution is 0.0849. The van der Waals surface area contributed by atoms with Crippen molar-refractivity contribution in [3.8, 4) is 17.2 Å². The van der Waals surface area contributed by atoms with Crippen LogP contribution < -0.4 is 30.4 Å². The van der Waals surface area contributed by atoms with Gasteiger partial charge in [-0.2, -0.15) is 0 Å². The average molecular weight is 540 g/mol. The van der Waals surface area contributed by atoms with Crippen molar-refractivity contribution < 1.29 is 28.6 Å². The lowest BCUT2D eigenvalue weighted by Gasteiger charge is -2.09. The number of nitrogens with one attached hydrogen (secondary N) is 3. The molecule has 0 aliphatic heterocycles. The summed E-state index contributed by atoms with van der Waals surface area (Å²) in [5.74, 6) is 0.231. The van der Waals surface area contributed by atoms with E-state index in [-0.39, 0.29) is 21.4 Å². The lowest BCUT2D eigenvalue weighted by atomic mass is 10.1. The number of fused-ring (bicyclic) bond motifs is 1. The number of anilines is 1. The van der Waals surface area contributed by atoms with Gasteiger partial charge in [-0.3, -0.25) is 25.2 Å². The summed E-state index contributed by atoms with van der Waals surface area (Å²) in [5.41, 5.74) is 5.99. The van der Waals surface area contributed by atoms with Crippen molar-refractivity contribution >= 4 is 56.4 Å². The molecular formula is C26H22ClN3O6S. The van der Waals surface area contributed by atoms with Crippen LogP contribution in [0.15, 0.2) is 60.7 Å². The van der Waals surface area contributed by atoms with E-state index >= 15 is 0 Å². The highest BCUT2D eigenvalue weighted by Gasteiger charge is 2.20. The number of ether oxygens (including phenoxy) is 3. The topological polar surface area (TPSA) is 115 Å². The smallest absolute Gasteiger partial charge is 0.281 e. The van der Waals surface area contributed by atoms with Crippen molar-refractivity contribution in [3.05, 3.63) is 81.7 Å². The van der Waals surface area contributed by atoms with Gasteiger partial charge in [-0.25, -0.2) is 0 Å². The molecule has 0 bridgehead atoms. The number of amides is 3. The van der Waals surface area contributed by atoms with Crippen LogP contribution in [0.25, 0.3) is 10.1 Å². The standard InChI is InChI=1S/C26H22ClN3O6S/c1-34-17-10-6-14(7-11-17)24(31)28-16-8-4-15(5-9-16)25(32)29-30-26(33)23-22(27)18-12-19(35-2)20(36-3)13-21(18)37-23/h4-13H,1-3H3,(H,28,31)(H,29,32)(H,30,33). The molecule has 3 N–H and O–H groups in total. The monoisotopic (exact) mass is 539 g/mol. The number of thiophene rings is 1. The number of methoxy groups -OCH3 is 3. The summed E-state index contributed by atoms with van der Waals surface area (Å²) in [4.78, 5) is 37.9. The molecule has 0 saturated carbocycles. The molecule has 4 rings (SSSR count). The number of carbonyl (C=O) groups excluding carboxylic acids is 3. The highest BCUT2D eigenvalue weighted by molar-refractivity contribution is 7.21. The minimum absolute atomic E-state index is 0.226. The van der Waals surface area contributed by atoms with Gasteiger partial charge < -0.3 is 19.5 Å². The van der Waals surface area contributed by atoms with Gasteiger partial charge in [0, 0.05) is 33.0 Å². The number of hydrazine groups is 1. The van der Waals surface area contributed by atoms with Crippen LogP contribution in [0.3, 0.4) is 0 Å². The van der Waals surface area contributed by atoms with Crippen molar-refractivity contribution in [2.75, 3.05) is 26.6 Å². The maximum atomic E-state index is 12.7. The van der Waals surface area contributed by atoms with Gasteiger partial charge in [0.05, 0.1) is 26.4 Å². The zero-order chi connectivity index (χ0) is 26.5. The minimum atomic E-state index is -0.569. The van der Waals surface area contributed by atoms with Gasteiger partial charge in [0.15, 0.2) is 11.5 Å². The highest BCUT2D eigenvalue weighted by Crippen LogP contribution is 2.41. The predicted molar refractivity (Wildman–Crippen MR) is 142 cm³/mol. The van der Waals surface area contributed by atoms with Gasteiger partial charge in [0.2, 0.25) is 0 Å². The summed E-state index contributed by atoms with van der Waals surface area (Å²) >= 11 is 7.58. The predicted octanol–water partition coefficient (Wildman–Crippen LogP) is 4.91. The fourth-order valence-corrected chi connectivity index (χ4v) is 4.85. The highest BCUT2D eigenvalue weighted by atomic mass is 35.5. The van der Waals surface area contributed by atoms with Crippen molar-refractivity contribution in [2.24, 2.45) is 0 Å². The Kier molecular flexibility index (Phi) is 7.80. The van der Waals surface area contributed by atoms with Gasteiger partial charge >= 0.3 is 0 Å². The Morgan fingerprint density at radius 1 is 0.730 bits per heavy atom. The summed E-state index contributed by atoms with van der Waals surface area (Å²) in [6.07, 6.45) is 0. The normalized spacial score (nSPS) is 10.5. The fourth-order valence-electron chi connectivity index (χ4n) is 3.43. The Morgan fingerprint density at radius 2 is 1.30 bits per heavy atom. The van der Waals surface area contributed by atoms with Crippen LogP contribution in [0.5, 0.6) is 17.2 Å². The molecule has 0 atom stereocenters. The van der Waals surface area contributed by atoms with Crippen LogP contribution in [-0.2, 0) is 0 Å². The summed E-state index contributed by atoms with van der Waals surface area (Å²) in [6.45, 7) is 0. The molecule has 1 heterocycles. The molecule has 0 spiro atoms. The number of carbonyl (C=O) groups is 3. The van der Waals surface area contributed by atoms with Crippen LogP contribution in [0.4, 0.5) is 5.69 Å². The molecule has 0 aliphatic carbocycles. The second kappa shape index (κ2) is 11.2. The van der Waals surface area contributed by atoms with Gasteiger partial charge in [0.1, 0.15) is 10.6 Å². The molecule has 1 aromatic heterocycles. The van der Waals surface area contributed by atoms with E-state index in [1.54, 1.807) is 55.6 Å². The maximum Gasteiger partial charge on any atom is 0.281 e. The maximum absolute atomic E-state index is 12.7. The molecule has 3 amide bonds. The molecule has 0 unspecified atom stereocenters. The summed E-state index contributed by atoms with van der Waals surface area (Å²) in [6, 6.07) is 16.3. The summed E-state index contributed by atoms with van der Waals surface area (Å²) in [7, 11) is 4.57. The van der Waals surface area contributed by atoms with Crippen molar-refractivity contribution in [1.29, 1.82) is 0 Å². The third kappa shape index (κ3) is 5.60. The Morgan fingerprint density at radius 3 is 1.92 bits per heavy atom. The van der Waals surface area contributed by atoms with Gasteiger partial charge in [-0.1, -0.05) is 11.6 Å². The zero-order valence-electron chi connectivity index (χ0n) is 20.0. The van der Waals surface area contributed by atoms with E-state index in [0.29, 0.717) is 33.9 Å². The lowest BCUT2D eigenvalue weighted by Crippen LogP contribution is -2.41. The Hall–Kier alpha value is -4.28. The SMILES string of the molecule is COc1ccc(C(=O)Nc2ccc(C(=O)NNC(=O)c3sc4cc(OC)c(OC)cc4c3Cl)cc2)cc1. The third-order valence-corrected chi connectivity index (χ3v) is 7.04. The fraction of sp³-hybridized carbons (Fsp3) is 0.115. The molecular weight excluding hydrogens is 518 g/mol. The minimum Gasteiger partial charge on any atom is -0.497 e. The number of rotatable bonds is 7. The van der Waals surface area contributed by atoms with Crippen LogP contribution in [0.2, 0.25) is 5.02 Å². The molecule has 11 heteroatoms. The Bertz CT molecular complexity index is 1470. The van der Waals surface area contributed by atoms with Crippen LogP contribution in [0.1, 0.15) is 30.4 Å². The number of benzene rings is 3. The van der Waals surface area contributed by atoms with Crippen LogP contribution in [-0.4, -0.2) is 39.1 Å². The van der Waals surface area contributed by atoms with Crippen LogP contribution >= 0.6 is 22.9 Å². The van der Waals surface area contributed by atoms with Crippen molar-refractivity contribution in [1.82, 2.24) is 10.9 Å². The van der Waals surface area contributed by atoms with E-state index < -0.39 is 11.8 Å². The number of hydrogen-bond donors (Lipinski definition) is 3. The molecule has 37 heavy (non-hydrogen) atoms. The Labute approximate surface area is 221 Å². The van der Waals surface area contributed by atoms with Crippen LogP contribution in [0, 0.1) is 0 Å². The summed E-state index contributed by atoms with van der Waals surface area (Å²) in [5, 5.41) is 3.63. The molecule has 0 fully saturated rings. The number of hydrogen-bond acceptors (Lipinski definition) is 7. The first-order valence-electron chi connectivity index (χ1n) is 10.8. The van der Waals surface area contributed by atoms with E-state index in [0.717, 1.165) is 16.0 Å². The first-order valence-corrected chi connectivity index (χ1v) is 12.0. The number of halogens is 1. The molecule has 0 aliphatic rings. The molecule has 190 valence electrons. The van der Waals surface area contributed by atoms with Gasteiger partial charge in [-0.15, -0.1) is 11.3 Å². The van der Waals surface area contributed by atoms with Crippen molar-refractivity contribution in [3.63, 3.8) is 0 Å². The van der Waals surface area contributed by atoms with E-state index in [1.807, 2.05) is 0 Å². The van der Waals surface area contributed by atoms with Crippen molar-refractivity contribution in [2.45, 2.75) is 0 Å². The molecule has 3 aromatic carbocycles. The molecule has 9 nitrogen and oxygen atoms in total. The Balaban J connectivity index is 1.38. The van der Waals surface area contributed by atoms with E-state index in [4.69, 9.17) is 25.8 Å². The average Bonchev–Trinajstić information content (AvgIpc) is 3.26. The van der Waals surface area contributed by atoms with Gasteiger partial charge in [0.25, 0.3) is 17.7 Å². The largest absolute Gasteiger partial charge is 0.497 e. The molecule has 0 radical (unpaired) electrons. The third-order valence-electron chi connectivity index (χ3n) is 5.39. The zero-order valence-corrected chi connectivity index (χ0v) is 21.6. The second-order valence-electron chi connectivity index (χ2n) is 7.62. The second-order valence-corrected chi connectivity index (χ2v) is 9.05. The summed E-state index contributed by atoms with van der Waals surface area (Å²) < 4.78 is 16.4.